The maximum atomic E-state index is 12.4. The van der Waals surface area contributed by atoms with Crippen LogP contribution in [0.15, 0.2) is 17.4 Å². The van der Waals surface area contributed by atoms with E-state index in [-0.39, 0.29) is 11.9 Å². The first kappa shape index (κ1) is 14.5. The largest absolute Gasteiger partial charge is 0.347 e. The van der Waals surface area contributed by atoms with Gasteiger partial charge in [-0.2, -0.15) is 0 Å². The van der Waals surface area contributed by atoms with Gasteiger partial charge in [-0.15, -0.1) is 11.8 Å². The molecule has 0 aliphatic heterocycles. The van der Waals surface area contributed by atoms with E-state index in [0.29, 0.717) is 22.1 Å². The summed E-state index contributed by atoms with van der Waals surface area (Å²) in [5.41, 5.74) is 1.22. The lowest BCUT2D eigenvalue weighted by Gasteiger charge is -2.14. The van der Waals surface area contributed by atoms with E-state index >= 15 is 0 Å². The molecule has 7 heteroatoms. The van der Waals surface area contributed by atoms with Gasteiger partial charge in [-0.1, -0.05) is 0 Å². The number of nitrogens with zero attached hydrogens (tertiary/aromatic N) is 3. The third-order valence-electron chi connectivity index (χ3n) is 2.87. The lowest BCUT2D eigenvalue weighted by molar-refractivity contribution is 0.0933. The number of nitrogens with one attached hydrogen (secondary N) is 2. The average Bonchev–Trinajstić information content (AvgIpc) is 2.91. The Labute approximate surface area is 121 Å². The zero-order chi connectivity index (χ0) is 14.7. The third-order valence-corrected chi connectivity index (χ3v) is 3.55. The van der Waals surface area contributed by atoms with E-state index in [1.54, 1.807) is 12.4 Å². The number of hydrogen-bond donors (Lipinski definition) is 2. The summed E-state index contributed by atoms with van der Waals surface area (Å²) in [5.74, 6) is 1.20. The van der Waals surface area contributed by atoms with Crippen molar-refractivity contribution in [3.05, 3.63) is 35.3 Å². The minimum atomic E-state index is -0.201. The molecule has 0 aliphatic carbocycles. The van der Waals surface area contributed by atoms with Crippen molar-refractivity contribution in [1.82, 2.24) is 25.3 Å². The molecule has 2 aromatic rings. The Balaban J connectivity index is 2.25. The molecule has 2 rings (SSSR count). The fourth-order valence-electron chi connectivity index (χ4n) is 1.94. The number of aryl methyl sites for hydroxylation is 2. The number of thioether (sulfide) groups is 1. The molecule has 2 heterocycles. The summed E-state index contributed by atoms with van der Waals surface area (Å²) in [7, 11) is 0. The Kier molecular flexibility index (Phi) is 4.39. The number of hydrogen-bond acceptors (Lipinski definition) is 5. The normalized spacial score (nSPS) is 12.2. The molecule has 0 aromatic carbocycles. The molecule has 0 fully saturated rings. The third kappa shape index (κ3) is 2.98. The van der Waals surface area contributed by atoms with Gasteiger partial charge < -0.3 is 10.3 Å². The van der Waals surface area contributed by atoms with Crippen molar-refractivity contribution in [3.63, 3.8) is 0 Å². The van der Waals surface area contributed by atoms with Crippen molar-refractivity contribution < 1.29 is 4.79 Å². The fourth-order valence-corrected chi connectivity index (χ4v) is 2.61. The van der Waals surface area contributed by atoms with Gasteiger partial charge in [0, 0.05) is 12.4 Å². The van der Waals surface area contributed by atoms with E-state index in [4.69, 9.17) is 0 Å². The van der Waals surface area contributed by atoms with E-state index in [9.17, 15) is 4.79 Å². The van der Waals surface area contributed by atoms with Gasteiger partial charge >= 0.3 is 0 Å². The summed E-state index contributed by atoms with van der Waals surface area (Å²) in [6, 6.07) is -0.201. The van der Waals surface area contributed by atoms with Crippen molar-refractivity contribution in [2.45, 2.75) is 31.8 Å². The number of carbonyl (C=O) groups excluding carboxylic acids is 1. The van der Waals surface area contributed by atoms with E-state index in [1.165, 1.54) is 11.8 Å². The van der Waals surface area contributed by atoms with Crippen LogP contribution in [0.2, 0.25) is 0 Å². The van der Waals surface area contributed by atoms with Crippen molar-refractivity contribution in [2.24, 2.45) is 0 Å². The fraction of sp³-hybridized carbons (Fsp3) is 0.385. The quantitative estimate of drug-likeness (QED) is 0.665. The first-order chi connectivity index (χ1) is 9.52. The zero-order valence-electron chi connectivity index (χ0n) is 11.9. The molecule has 0 saturated carbocycles. The Morgan fingerprint density at radius 2 is 2.15 bits per heavy atom. The highest BCUT2D eigenvalue weighted by Crippen LogP contribution is 2.21. The van der Waals surface area contributed by atoms with Gasteiger partial charge in [0.05, 0.1) is 17.3 Å². The summed E-state index contributed by atoms with van der Waals surface area (Å²) in [4.78, 5) is 28.1. The van der Waals surface area contributed by atoms with Crippen LogP contribution in [0.3, 0.4) is 0 Å². The molecule has 2 N–H and O–H groups in total. The van der Waals surface area contributed by atoms with Gasteiger partial charge in [0.1, 0.15) is 16.7 Å². The predicted molar refractivity (Wildman–Crippen MR) is 77.8 cm³/mol. The van der Waals surface area contributed by atoms with Gasteiger partial charge in [-0.05, 0) is 27.0 Å². The molecule has 0 saturated heterocycles. The minimum Gasteiger partial charge on any atom is -0.347 e. The summed E-state index contributed by atoms with van der Waals surface area (Å²) in [6.07, 6.45) is 5.28. The molecule has 106 valence electrons. The van der Waals surface area contributed by atoms with Crippen LogP contribution in [-0.4, -0.2) is 32.1 Å². The minimum absolute atomic E-state index is 0.184. The van der Waals surface area contributed by atoms with Crippen LogP contribution < -0.4 is 5.32 Å². The SMILES string of the molecule is CSc1nc(C)nc(C)c1C(=O)NC(C)c1ncc[nH]1. The molecule has 0 bridgehead atoms. The second-order valence-corrected chi connectivity index (χ2v) is 5.21. The Morgan fingerprint density at radius 1 is 1.40 bits per heavy atom. The number of amides is 1. The van der Waals surface area contributed by atoms with Crippen molar-refractivity contribution in [2.75, 3.05) is 6.26 Å². The van der Waals surface area contributed by atoms with E-state index in [0.717, 1.165) is 5.82 Å². The van der Waals surface area contributed by atoms with E-state index < -0.39 is 0 Å². The highest BCUT2D eigenvalue weighted by Gasteiger charge is 2.20. The number of rotatable bonds is 4. The van der Waals surface area contributed by atoms with Crippen LogP contribution in [0.5, 0.6) is 0 Å². The topological polar surface area (TPSA) is 83.6 Å². The lowest BCUT2D eigenvalue weighted by Crippen LogP contribution is -2.29. The zero-order valence-corrected chi connectivity index (χ0v) is 12.7. The van der Waals surface area contributed by atoms with Gasteiger partial charge in [0.15, 0.2) is 0 Å². The molecule has 0 radical (unpaired) electrons. The molecule has 2 aromatic heterocycles. The standard InChI is InChI=1S/C13H17N5OS/c1-7-10(13(20-4)18-9(3)16-7)12(19)17-8(2)11-14-5-6-15-11/h5-6,8H,1-4H3,(H,14,15)(H,17,19). The van der Waals surface area contributed by atoms with Crippen molar-refractivity contribution in [1.29, 1.82) is 0 Å². The van der Waals surface area contributed by atoms with E-state index in [1.807, 2.05) is 27.0 Å². The van der Waals surface area contributed by atoms with Gasteiger partial charge in [0.25, 0.3) is 5.91 Å². The van der Waals surface area contributed by atoms with Crippen LogP contribution in [0.25, 0.3) is 0 Å². The molecule has 1 unspecified atom stereocenters. The van der Waals surface area contributed by atoms with Gasteiger partial charge in [-0.3, -0.25) is 4.79 Å². The Bertz CT molecular complexity index is 611. The predicted octanol–water partition coefficient (Wildman–Crippen LogP) is 2.03. The van der Waals surface area contributed by atoms with Gasteiger partial charge in [-0.25, -0.2) is 15.0 Å². The summed E-state index contributed by atoms with van der Waals surface area (Å²) in [5, 5.41) is 3.60. The van der Waals surface area contributed by atoms with Crippen LogP contribution in [-0.2, 0) is 0 Å². The molecule has 1 amide bonds. The highest BCUT2D eigenvalue weighted by atomic mass is 32.2. The lowest BCUT2D eigenvalue weighted by atomic mass is 10.2. The first-order valence-electron chi connectivity index (χ1n) is 6.22. The highest BCUT2D eigenvalue weighted by molar-refractivity contribution is 7.98. The van der Waals surface area contributed by atoms with E-state index in [2.05, 4.69) is 25.3 Å². The Morgan fingerprint density at radius 3 is 2.75 bits per heavy atom. The Hall–Kier alpha value is -1.89. The van der Waals surface area contributed by atoms with Crippen molar-refractivity contribution in [3.8, 4) is 0 Å². The molecule has 0 aliphatic rings. The second kappa shape index (κ2) is 6.04. The number of aromatic nitrogens is 4. The van der Waals surface area contributed by atoms with Crippen LogP contribution in [0.1, 0.15) is 40.7 Å². The number of aromatic amines is 1. The molecule has 1 atom stereocenters. The smallest absolute Gasteiger partial charge is 0.256 e. The molecular weight excluding hydrogens is 274 g/mol. The molecular formula is C13H17N5OS. The average molecular weight is 291 g/mol. The number of imidazole rings is 1. The van der Waals surface area contributed by atoms with Crippen LogP contribution in [0.4, 0.5) is 0 Å². The van der Waals surface area contributed by atoms with Crippen molar-refractivity contribution >= 4 is 17.7 Å². The summed E-state index contributed by atoms with van der Waals surface area (Å²) in [6.45, 7) is 5.51. The maximum absolute atomic E-state index is 12.4. The monoisotopic (exact) mass is 291 g/mol. The summed E-state index contributed by atoms with van der Waals surface area (Å²) < 4.78 is 0. The number of H-pyrrole nitrogens is 1. The van der Waals surface area contributed by atoms with Crippen LogP contribution >= 0.6 is 11.8 Å². The first-order valence-corrected chi connectivity index (χ1v) is 7.44. The molecule has 20 heavy (non-hydrogen) atoms. The van der Waals surface area contributed by atoms with Crippen LogP contribution in [0, 0.1) is 13.8 Å². The van der Waals surface area contributed by atoms with Gasteiger partial charge in [0.2, 0.25) is 0 Å². The number of carbonyl (C=O) groups is 1. The maximum Gasteiger partial charge on any atom is 0.256 e. The molecule has 6 nitrogen and oxygen atoms in total. The summed E-state index contributed by atoms with van der Waals surface area (Å²) >= 11 is 1.44. The second-order valence-electron chi connectivity index (χ2n) is 4.41. The molecule has 0 spiro atoms.